The number of hydrogen-bond donors (Lipinski definition) is 2. The first kappa shape index (κ1) is 11.5. The monoisotopic (exact) mass is 230 g/mol. The van der Waals surface area contributed by atoms with Crippen LogP contribution >= 0.6 is 0 Å². The molecular weight excluding hydrogens is 216 g/mol. The highest BCUT2D eigenvalue weighted by Crippen LogP contribution is 2.24. The number of hydrogen-bond acceptors (Lipinski definition) is 3. The molecule has 4 heteroatoms. The Morgan fingerprint density at radius 3 is 2.88 bits per heavy atom. The van der Waals surface area contributed by atoms with Crippen molar-refractivity contribution in [3.8, 4) is 0 Å². The van der Waals surface area contributed by atoms with Crippen LogP contribution in [0.25, 0.3) is 10.8 Å². The van der Waals surface area contributed by atoms with Gasteiger partial charge in [0.25, 0.3) is 0 Å². The number of fused-ring (bicyclic) bond motifs is 1. The average Bonchev–Trinajstić information content (AvgIpc) is 2.35. The Balaban J connectivity index is 2.49. The van der Waals surface area contributed by atoms with Crippen molar-refractivity contribution in [2.75, 3.05) is 7.05 Å². The molecule has 1 unspecified atom stereocenters. The Morgan fingerprint density at radius 1 is 1.41 bits per heavy atom. The molecule has 1 aromatic carbocycles. The van der Waals surface area contributed by atoms with Gasteiger partial charge in [-0.1, -0.05) is 24.3 Å². The van der Waals surface area contributed by atoms with Gasteiger partial charge in [-0.25, -0.2) is 0 Å². The number of carbonyl (C=O) groups is 1. The van der Waals surface area contributed by atoms with Crippen molar-refractivity contribution in [1.29, 1.82) is 0 Å². The molecule has 2 N–H and O–H groups in total. The molecule has 1 atom stereocenters. The number of carboxylic acids is 1. The van der Waals surface area contributed by atoms with E-state index in [-0.39, 0.29) is 12.5 Å². The summed E-state index contributed by atoms with van der Waals surface area (Å²) in [6.45, 7) is 0. The Labute approximate surface area is 99.3 Å². The van der Waals surface area contributed by atoms with Crippen LogP contribution in [-0.2, 0) is 4.79 Å². The first-order valence-electron chi connectivity index (χ1n) is 5.44. The fraction of sp³-hybridized carbons (Fsp3) is 0.231. The number of nitrogens with zero attached hydrogens (tertiary/aromatic N) is 1. The van der Waals surface area contributed by atoms with Crippen molar-refractivity contribution in [2.24, 2.45) is 0 Å². The van der Waals surface area contributed by atoms with Crippen molar-refractivity contribution in [2.45, 2.75) is 12.5 Å². The Morgan fingerprint density at radius 2 is 2.18 bits per heavy atom. The van der Waals surface area contributed by atoms with E-state index in [9.17, 15) is 4.79 Å². The van der Waals surface area contributed by atoms with Crippen LogP contribution in [0.2, 0.25) is 0 Å². The molecule has 4 nitrogen and oxygen atoms in total. The SMILES string of the molecule is CNC(CC(=O)O)c1cncc2ccccc12. The first-order valence-corrected chi connectivity index (χ1v) is 5.44. The van der Waals surface area contributed by atoms with Crippen molar-refractivity contribution in [3.63, 3.8) is 0 Å². The molecule has 0 bridgehead atoms. The molecule has 2 rings (SSSR count). The Bertz CT molecular complexity index is 534. The predicted octanol–water partition coefficient (Wildman–Crippen LogP) is 1.97. The Hall–Kier alpha value is -1.94. The van der Waals surface area contributed by atoms with Gasteiger partial charge in [-0.05, 0) is 18.0 Å². The molecule has 0 fully saturated rings. The van der Waals surface area contributed by atoms with E-state index >= 15 is 0 Å². The number of rotatable bonds is 4. The predicted molar refractivity (Wildman–Crippen MR) is 65.8 cm³/mol. The molecule has 88 valence electrons. The quantitative estimate of drug-likeness (QED) is 0.843. The van der Waals surface area contributed by atoms with Gasteiger partial charge in [0, 0.05) is 23.8 Å². The van der Waals surface area contributed by atoms with E-state index in [2.05, 4.69) is 10.3 Å². The van der Waals surface area contributed by atoms with Crippen LogP contribution in [0.4, 0.5) is 0 Å². The summed E-state index contributed by atoms with van der Waals surface area (Å²) in [7, 11) is 1.76. The highest BCUT2D eigenvalue weighted by atomic mass is 16.4. The maximum Gasteiger partial charge on any atom is 0.305 e. The molecule has 0 aliphatic carbocycles. The smallest absolute Gasteiger partial charge is 0.305 e. The largest absolute Gasteiger partial charge is 0.481 e. The average molecular weight is 230 g/mol. The third-order valence-corrected chi connectivity index (χ3v) is 2.80. The van der Waals surface area contributed by atoms with Crippen LogP contribution in [0.3, 0.4) is 0 Å². The van der Waals surface area contributed by atoms with E-state index in [0.29, 0.717) is 0 Å². The molecule has 0 radical (unpaired) electrons. The van der Waals surface area contributed by atoms with Gasteiger partial charge in [-0.2, -0.15) is 0 Å². The fourth-order valence-electron chi connectivity index (χ4n) is 1.96. The maximum atomic E-state index is 10.8. The van der Waals surface area contributed by atoms with Gasteiger partial charge in [-0.15, -0.1) is 0 Å². The zero-order chi connectivity index (χ0) is 12.3. The zero-order valence-electron chi connectivity index (χ0n) is 9.55. The number of carboxylic acid groups (broad SMARTS) is 1. The number of benzene rings is 1. The second-order valence-corrected chi connectivity index (χ2v) is 3.89. The van der Waals surface area contributed by atoms with Crippen molar-refractivity contribution in [3.05, 3.63) is 42.2 Å². The zero-order valence-corrected chi connectivity index (χ0v) is 9.55. The minimum absolute atomic E-state index is 0.0478. The molecule has 2 aromatic rings. The summed E-state index contributed by atoms with van der Waals surface area (Å²) in [5.74, 6) is -0.822. The van der Waals surface area contributed by atoms with E-state index in [0.717, 1.165) is 16.3 Å². The molecular formula is C13H14N2O2. The number of nitrogens with one attached hydrogen (secondary N) is 1. The van der Waals surface area contributed by atoms with E-state index < -0.39 is 5.97 Å². The van der Waals surface area contributed by atoms with E-state index in [1.807, 2.05) is 24.3 Å². The second-order valence-electron chi connectivity index (χ2n) is 3.89. The van der Waals surface area contributed by atoms with Crippen LogP contribution in [0.15, 0.2) is 36.7 Å². The lowest BCUT2D eigenvalue weighted by Gasteiger charge is -2.16. The van der Waals surface area contributed by atoms with Gasteiger partial charge in [0.2, 0.25) is 0 Å². The molecule has 17 heavy (non-hydrogen) atoms. The third-order valence-electron chi connectivity index (χ3n) is 2.80. The molecule has 1 heterocycles. The van der Waals surface area contributed by atoms with Gasteiger partial charge >= 0.3 is 5.97 Å². The topological polar surface area (TPSA) is 62.2 Å². The van der Waals surface area contributed by atoms with Crippen LogP contribution < -0.4 is 5.32 Å². The van der Waals surface area contributed by atoms with E-state index in [4.69, 9.17) is 5.11 Å². The van der Waals surface area contributed by atoms with Gasteiger partial charge in [0.15, 0.2) is 0 Å². The van der Waals surface area contributed by atoms with Gasteiger partial charge in [-0.3, -0.25) is 9.78 Å². The lowest BCUT2D eigenvalue weighted by molar-refractivity contribution is -0.137. The highest BCUT2D eigenvalue weighted by Gasteiger charge is 2.15. The number of pyridine rings is 1. The maximum absolute atomic E-state index is 10.8. The summed E-state index contributed by atoms with van der Waals surface area (Å²) in [6.07, 6.45) is 3.56. The van der Waals surface area contributed by atoms with Crippen molar-refractivity contribution >= 4 is 16.7 Å². The standard InChI is InChI=1S/C13H14N2O2/c1-14-12(6-13(16)17)11-8-15-7-9-4-2-3-5-10(9)11/h2-5,7-8,12,14H,6H2,1H3,(H,16,17). The third kappa shape index (κ3) is 2.42. The van der Waals surface area contributed by atoms with Crippen LogP contribution in [0.1, 0.15) is 18.0 Å². The van der Waals surface area contributed by atoms with Gasteiger partial charge < -0.3 is 10.4 Å². The minimum atomic E-state index is -0.822. The summed E-state index contributed by atoms with van der Waals surface area (Å²) in [4.78, 5) is 15.0. The van der Waals surface area contributed by atoms with Crippen LogP contribution in [0, 0.1) is 0 Å². The molecule has 0 amide bonds. The minimum Gasteiger partial charge on any atom is -0.481 e. The molecule has 0 spiro atoms. The molecule has 0 aliphatic rings. The summed E-state index contributed by atoms with van der Waals surface area (Å²) in [5.41, 5.74) is 0.924. The molecule has 0 aliphatic heterocycles. The van der Waals surface area contributed by atoms with Crippen LogP contribution in [-0.4, -0.2) is 23.1 Å². The summed E-state index contributed by atoms with van der Waals surface area (Å²) >= 11 is 0. The van der Waals surface area contributed by atoms with Crippen molar-refractivity contribution in [1.82, 2.24) is 10.3 Å². The number of aliphatic carboxylic acids is 1. The fourth-order valence-corrected chi connectivity index (χ4v) is 1.96. The number of aromatic nitrogens is 1. The van der Waals surface area contributed by atoms with E-state index in [1.54, 1.807) is 19.4 Å². The molecule has 1 aromatic heterocycles. The van der Waals surface area contributed by atoms with Gasteiger partial charge in [0.05, 0.1) is 6.42 Å². The van der Waals surface area contributed by atoms with Crippen molar-refractivity contribution < 1.29 is 9.90 Å². The summed E-state index contributed by atoms with van der Waals surface area (Å²) < 4.78 is 0. The lowest BCUT2D eigenvalue weighted by Crippen LogP contribution is -2.20. The molecule has 0 saturated carbocycles. The normalized spacial score (nSPS) is 12.5. The molecule has 0 saturated heterocycles. The Kier molecular flexibility index (Phi) is 3.35. The van der Waals surface area contributed by atoms with Crippen LogP contribution in [0.5, 0.6) is 0 Å². The summed E-state index contributed by atoms with van der Waals surface area (Å²) in [5, 5.41) is 14.0. The van der Waals surface area contributed by atoms with E-state index in [1.165, 1.54) is 0 Å². The second kappa shape index (κ2) is 4.93. The lowest BCUT2D eigenvalue weighted by atomic mass is 9.99. The van der Waals surface area contributed by atoms with Gasteiger partial charge in [0.1, 0.15) is 0 Å². The highest BCUT2D eigenvalue weighted by molar-refractivity contribution is 5.85. The summed E-state index contributed by atoms with van der Waals surface area (Å²) in [6, 6.07) is 7.63. The first-order chi connectivity index (χ1) is 8.22.